The molecule has 0 radical (unpaired) electrons. The van der Waals surface area contributed by atoms with Crippen molar-refractivity contribution in [2.24, 2.45) is 5.92 Å². The highest BCUT2D eigenvalue weighted by Crippen LogP contribution is 2.27. The predicted octanol–water partition coefficient (Wildman–Crippen LogP) is 3.33. The maximum absolute atomic E-state index is 11.0. The predicted molar refractivity (Wildman–Crippen MR) is 75.6 cm³/mol. The summed E-state index contributed by atoms with van der Waals surface area (Å²) in [6.45, 7) is 2.86. The minimum atomic E-state index is -0.893. The average molecular weight is 262 g/mol. The highest BCUT2D eigenvalue weighted by atomic mass is 16.4. The topological polar surface area (TPSA) is 62.2 Å². The fourth-order valence-corrected chi connectivity index (χ4v) is 2.69. The Labute approximate surface area is 114 Å². The molecule has 104 valence electrons. The number of anilines is 1. The molecule has 2 rings (SSSR count). The summed E-state index contributed by atoms with van der Waals surface area (Å²) in [5, 5.41) is 12.3. The smallest absolute Gasteiger partial charge is 0.335 e. The van der Waals surface area contributed by atoms with E-state index in [9.17, 15) is 4.79 Å². The SMILES string of the molecule is CCc1cc(C(=O)O)cc(NCCC2CCCC2)n1. The summed E-state index contributed by atoms with van der Waals surface area (Å²) in [7, 11) is 0. The molecule has 1 saturated carbocycles. The van der Waals surface area contributed by atoms with Crippen LogP contribution < -0.4 is 5.32 Å². The number of carboxylic acid groups (broad SMARTS) is 1. The molecule has 1 heterocycles. The summed E-state index contributed by atoms with van der Waals surface area (Å²) in [5.74, 6) is 0.631. The van der Waals surface area contributed by atoms with E-state index >= 15 is 0 Å². The third-order valence-corrected chi connectivity index (χ3v) is 3.82. The quantitative estimate of drug-likeness (QED) is 0.825. The monoisotopic (exact) mass is 262 g/mol. The van der Waals surface area contributed by atoms with Gasteiger partial charge >= 0.3 is 5.97 Å². The molecular weight excluding hydrogens is 240 g/mol. The third-order valence-electron chi connectivity index (χ3n) is 3.82. The number of carbonyl (C=O) groups is 1. The van der Waals surface area contributed by atoms with Gasteiger partial charge in [0.15, 0.2) is 0 Å². The first kappa shape index (κ1) is 13.8. The van der Waals surface area contributed by atoms with Gasteiger partial charge in [0.05, 0.1) is 5.56 Å². The van der Waals surface area contributed by atoms with Crippen LogP contribution in [0.25, 0.3) is 0 Å². The van der Waals surface area contributed by atoms with Gasteiger partial charge in [-0.05, 0) is 30.9 Å². The number of pyridine rings is 1. The summed E-state index contributed by atoms with van der Waals surface area (Å²) in [4.78, 5) is 15.5. The molecule has 1 aliphatic carbocycles. The number of hydrogen-bond acceptors (Lipinski definition) is 3. The van der Waals surface area contributed by atoms with Gasteiger partial charge in [0, 0.05) is 12.2 Å². The van der Waals surface area contributed by atoms with Gasteiger partial charge in [0.25, 0.3) is 0 Å². The van der Waals surface area contributed by atoms with Crippen molar-refractivity contribution in [1.82, 2.24) is 4.98 Å². The molecule has 0 unspecified atom stereocenters. The fourth-order valence-electron chi connectivity index (χ4n) is 2.69. The number of hydrogen-bond donors (Lipinski definition) is 2. The molecule has 1 fully saturated rings. The van der Waals surface area contributed by atoms with E-state index in [1.165, 1.54) is 25.7 Å². The zero-order chi connectivity index (χ0) is 13.7. The fraction of sp³-hybridized carbons (Fsp3) is 0.600. The van der Waals surface area contributed by atoms with Crippen LogP contribution in [0, 0.1) is 5.92 Å². The first-order valence-corrected chi connectivity index (χ1v) is 7.17. The maximum atomic E-state index is 11.0. The molecule has 4 heteroatoms. The number of aryl methyl sites for hydroxylation is 1. The maximum Gasteiger partial charge on any atom is 0.335 e. The summed E-state index contributed by atoms with van der Waals surface area (Å²) >= 11 is 0. The Hall–Kier alpha value is -1.58. The minimum Gasteiger partial charge on any atom is -0.478 e. The molecular formula is C15H22N2O2. The Morgan fingerprint density at radius 1 is 1.42 bits per heavy atom. The Balaban J connectivity index is 1.94. The van der Waals surface area contributed by atoms with E-state index in [4.69, 9.17) is 5.11 Å². The minimum absolute atomic E-state index is 0.315. The van der Waals surface area contributed by atoms with E-state index < -0.39 is 5.97 Å². The first-order valence-electron chi connectivity index (χ1n) is 7.17. The van der Waals surface area contributed by atoms with Gasteiger partial charge in [-0.1, -0.05) is 32.6 Å². The van der Waals surface area contributed by atoms with Crippen LogP contribution in [0.2, 0.25) is 0 Å². The van der Waals surface area contributed by atoms with Crippen molar-refractivity contribution in [3.05, 3.63) is 23.4 Å². The lowest BCUT2D eigenvalue weighted by Gasteiger charge is -2.11. The number of nitrogens with one attached hydrogen (secondary N) is 1. The first-order chi connectivity index (χ1) is 9.19. The van der Waals surface area contributed by atoms with Crippen molar-refractivity contribution in [2.75, 3.05) is 11.9 Å². The molecule has 0 amide bonds. The van der Waals surface area contributed by atoms with Crippen molar-refractivity contribution in [3.8, 4) is 0 Å². The van der Waals surface area contributed by atoms with Gasteiger partial charge in [0.1, 0.15) is 5.82 Å². The summed E-state index contributed by atoms with van der Waals surface area (Å²) in [5.41, 5.74) is 1.14. The van der Waals surface area contributed by atoms with E-state index in [0.717, 1.165) is 31.0 Å². The van der Waals surface area contributed by atoms with E-state index in [1.54, 1.807) is 12.1 Å². The highest BCUT2D eigenvalue weighted by Gasteiger charge is 2.14. The molecule has 1 aromatic rings. The van der Waals surface area contributed by atoms with Gasteiger partial charge in [0.2, 0.25) is 0 Å². The van der Waals surface area contributed by atoms with Crippen LogP contribution in [-0.4, -0.2) is 22.6 Å². The number of aromatic carboxylic acids is 1. The molecule has 1 aromatic heterocycles. The second-order valence-corrected chi connectivity index (χ2v) is 5.26. The zero-order valence-corrected chi connectivity index (χ0v) is 11.5. The Morgan fingerprint density at radius 2 is 2.16 bits per heavy atom. The summed E-state index contributed by atoms with van der Waals surface area (Å²) < 4.78 is 0. The summed E-state index contributed by atoms with van der Waals surface area (Å²) in [6, 6.07) is 3.26. The molecule has 0 bridgehead atoms. The lowest BCUT2D eigenvalue weighted by molar-refractivity contribution is 0.0696. The van der Waals surface area contributed by atoms with Gasteiger partial charge in [-0.2, -0.15) is 0 Å². The van der Waals surface area contributed by atoms with Crippen molar-refractivity contribution >= 4 is 11.8 Å². The van der Waals surface area contributed by atoms with Crippen molar-refractivity contribution in [3.63, 3.8) is 0 Å². The van der Waals surface area contributed by atoms with Crippen molar-refractivity contribution in [1.29, 1.82) is 0 Å². The second kappa shape index (κ2) is 6.55. The van der Waals surface area contributed by atoms with E-state index in [2.05, 4.69) is 10.3 Å². The Morgan fingerprint density at radius 3 is 2.79 bits per heavy atom. The molecule has 0 aromatic carbocycles. The van der Waals surface area contributed by atoms with Gasteiger partial charge in [-0.15, -0.1) is 0 Å². The van der Waals surface area contributed by atoms with Crippen LogP contribution in [0.1, 0.15) is 55.1 Å². The van der Waals surface area contributed by atoms with Gasteiger partial charge in [-0.25, -0.2) is 9.78 Å². The average Bonchev–Trinajstić information content (AvgIpc) is 2.91. The number of nitrogens with zero attached hydrogens (tertiary/aromatic N) is 1. The largest absolute Gasteiger partial charge is 0.478 e. The molecule has 0 aliphatic heterocycles. The molecule has 2 N–H and O–H groups in total. The van der Waals surface area contributed by atoms with Crippen molar-refractivity contribution < 1.29 is 9.90 Å². The zero-order valence-electron chi connectivity index (χ0n) is 11.5. The normalized spacial score (nSPS) is 15.6. The van der Waals surface area contributed by atoms with Crippen LogP contribution in [0.5, 0.6) is 0 Å². The van der Waals surface area contributed by atoms with Crippen LogP contribution >= 0.6 is 0 Å². The van der Waals surface area contributed by atoms with Crippen molar-refractivity contribution in [2.45, 2.75) is 45.4 Å². The van der Waals surface area contributed by atoms with Crippen LogP contribution in [-0.2, 0) is 6.42 Å². The van der Waals surface area contributed by atoms with Crippen LogP contribution in [0.4, 0.5) is 5.82 Å². The molecule has 4 nitrogen and oxygen atoms in total. The van der Waals surface area contributed by atoms with Crippen LogP contribution in [0.3, 0.4) is 0 Å². The number of aromatic nitrogens is 1. The van der Waals surface area contributed by atoms with E-state index in [0.29, 0.717) is 11.4 Å². The van der Waals surface area contributed by atoms with E-state index in [-0.39, 0.29) is 0 Å². The Bertz CT molecular complexity index is 440. The van der Waals surface area contributed by atoms with Gasteiger partial charge < -0.3 is 10.4 Å². The lowest BCUT2D eigenvalue weighted by atomic mass is 10.0. The Kier molecular flexibility index (Phi) is 4.77. The number of carboxylic acids is 1. The van der Waals surface area contributed by atoms with Gasteiger partial charge in [-0.3, -0.25) is 0 Å². The molecule has 19 heavy (non-hydrogen) atoms. The van der Waals surface area contributed by atoms with Crippen LogP contribution in [0.15, 0.2) is 12.1 Å². The highest BCUT2D eigenvalue weighted by molar-refractivity contribution is 5.88. The summed E-state index contributed by atoms with van der Waals surface area (Å²) in [6.07, 6.45) is 7.29. The second-order valence-electron chi connectivity index (χ2n) is 5.26. The molecule has 0 spiro atoms. The van der Waals surface area contributed by atoms with E-state index in [1.807, 2.05) is 6.92 Å². The lowest BCUT2D eigenvalue weighted by Crippen LogP contribution is -2.10. The molecule has 1 aliphatic rings. The molecule has 0 atom stereocenters. The standard InChI is InChI=1S/C15H22N2O2/c1-2-13-9-12(15(18)19)10-14(17-13)16-8-7-11-5-3-4-6-11/h9-11H,2-8H2,1H3,(H,16,17)(H,18,19). The third kappa shape index (κ3) is 3.94. The number of rotatable bonds is 6. The molecule has 0 saturated heterocycles.